The predicted octanol–water partition coefficient (Wildman–Crippen LogP) is 1.23. The van der Waals surface area contributed by atoms with E-state index in [1.807, 2.05) is 13.8 Å². The first-order valence-electron chi connectivity index (χ1n) is 8.20. The Labute approximate surface area is 131 Å². The zero-order valence-corrected chi connectivity index (χ0v) is 15.2. The van der Waals surface area contributed by atoms with E-state index < -0.39 is 0 Å². The SMILES string of the molecule is CCOCC[N+](C)(C)CCOCC[N+](C)(C)CCOCC. The molecule has 0 unspecified atom stereocenters. The van der Waals surface area contributed by atoms with Crippen molar-refractivity contribution in [3.05, 3.63) is 0 Å². The van der Waals surface area contributed by atoms with Gasteiger partial charge in [0, 0.05) is 13.2 Å². The van der Waals surface area contributed by atoms with Crippen LogP contribution in [-0.4, -0.2) is 103 Å². The highest BCUT2D eigenvalue weighted by molar-refractivity contribution is 4.38. The van der Waals surface area contributed by atoms with E-state index >= 15 is 0 Å². The molecular weight excluding hydrogens is 268 g/mol. The van der Waals surface area contributed by atoms with Crippen LogP contribution in [0.3, 0.4) is 0 Å². The van der Waals surface area contributed by atoms with Crippen molar-refractivity contribution in [3.63, 3.8) is 0 Å². The van der Waals surface area contributed by atoms with Gasteiger partial charge in [0.15, 0.2) is 0 Å². The van der Waals surface area contributed by atoms with Gasteiger partial charge in [0.2, 0.25) is 0 Å². The maximum atomic E-state index is 5.81. The van der Waals surface area contributed by atoms with Crippen LogP contribution in [0.5, 0.6) is 0 Å². The molecule has 5 heteroatoms. The van der Waals surface area contributed by atoms with Crippen molar-refractivity contribution < 1.29 is 23.2 Å². The molecule has 0 aliphatic heterocycles. The van der Waals surface area contributed by atoms with Crippen LogP contribution < -0.4 is 0 Å². The highest BCUT2D eigenvalue weighted by atomic mass is 16.5. The van der Waals surface area contributed by atoms with Crippen molar-refractivity contribution in [2.75, 3.05) is 94.0 Å². The molecule has 21 heavy (non-hydrogen) atoms. The zero-order valence-electron chi connectivity index (χ0n) is 15.2. The van der Waals surface area contributed by atoms with Gasteiger partial charge in [0.1, 0.15) is 26.2 Å². The Kier molecular flexibility index (Phi) is 11.3. The Bertz CT molecular complexity index is 222. The summed E-state index contributed by atoms with van der Waals surface area (Å²) in [5.74, 6) is 0. The summed E-state index contributed by atoms with van der Waals surface area (Å²) < 4.78 is 18.5. The maximum absolute atomic E-state index is 5.81. The number of nitrogens with zero attached hydrogens (tertiary/aromatic N) is 2. The lowest BCUT2D eigenvalue weighted by Crippen LogP contribution is -2.46. The molecule has 128 valence electrons. The number of likely N-dealkylation sites (N-methyl/N-ethyl adjacent to an activating group) is 2. The largest absolute Gasteiger partial charge is 0.376 e. The number of quaternary nitrogens is 2. The van der Waals surface area contributed by atoms with E-state index in [2.05, 4.69) is 28.2 Å². The third-order valence-electron chi connectivity index (χ3n) is 3.77. The van der Waals surface area contributed by atoms with Gasteiger partial charge in [-0.1, -0.05) is 0 Å². The van der Waals surface area contributed by atoms with E-state index in [1.165, 1.54) is 0 Å². The van der Waals surface area contributed by atoms with Gasteiger partial charge < -0.3 is 23.2 Å². The first-order chi connectivity index (χ1) is 9.83. The van der Waals surface area contributed by atoms with Gasteiger partial charge in [-0.2, -0.15) is 0 Å². The van der Waals surface area contributed by atoms with Crippen molar-refractivity contribution in [2.45, 2.75) is 13.8 Å². The second-order valence-corrected chi connectivity index (χ2v) is 6.77. The minimum absolute atomic E-state index is 0.797. The highest BCUT2D eigenvalue weighted by Crippen LogP contribution is 1.99. The lowest BCUT2D eigenvalue weighted by Gasteiger charge is -2.31. The molecule has 0 amide bonds. The Hall–Kier alpha value is -0.200. The van der Waals surface area contributed by atoms with Gasteiger partial charge in [-0.15, -0.1) is 0 Å². The van der Waals surface area contributed by atoms with Crippen LogP contribution in [0.4, 0.5) is 0 Å². The normalized spacial score (nSPS) is 12.9. The molecule has 0 N–H and O–H groups in total. The number of hydrogen-bond acceptors (Lipinski definition) is 3. The van der Waals surface area contributed by atoms with Gasteiger partial charge in [0.25, 0.3) is 0 Å². The molecule has 0 aromatic heterocycles. The Morgan fingerprint density at radius 2 is 0.810 bits per heavy atom. The summed E-state index contributed by atoms with van der Waals surface area (Å²) >= 11 is 0. The van der Waals surface area contributed by atoms with E-state index in [1.54, 1.807) is 0 Å². The lowest BCUT2D eigenvalue weighted by molar-refractivity contribution is -0.894. The van der Waals surface area contributed by atoms with Gasteiger partial charge >= 0.3 is 0 Å². The van der Waals surface area contributed by atoms with E-state index in [-0.39, 0.29) is 0 Å². The summed E-state index contributed by atoms with van der Waals surface area (Å²) in [5.41, 5.74) is 0. The van der Waals surface area contributed by atoms with Crippen molar-refractivity contribution >= 4 is 0 Å². The topological polar surface area (TPSA) is 27.7 Å². The zero-order chi connectivity index (χ0) is 16.2. The van der Waals surface area contributed by atoms with Crippen LogP contribution in [-0.2, 0) is 14.2 Å². The molecule has 0 atom stereocenters. The average Bonchev–Trinajstić information content (AvgIpc) is 2.38. The summed E-state index contributed by atoms with van der Waals surface area (Å²) in [4.78, 5) is 0. The highest BCUT2D eigenvalue weighted by Gasteiger charge is 2.16. The smallest absolute Gasteiger partial charge is 0.102 e. The number of ether oxygens (including phenoxy) is 3. The maximum Gasteiger partial charge on any atom is 0.102 e. The molecule has 5 nitrogen and oxygen atoms in total. The lowest BCUT2D eigenvalue weighted by atomic mass is 10.4. The fourth-order valence-electron chi connectivity index (χ4n) is 1.86. The standard InChI is InChI=1S/C16H38N2O3/c1-7-19-13-9-17(3,4)11-15-21-16-12-18(5,6)10-14-20-8-2/h7-16H2,1-6H3/q+2. The van der Waals surface area contributed by atoms with Crippen LogP contribution in [0.25, 0.3) is 0 Å². The van der Waals surface area contributed by atoms with E-state index in [9.17, 15) is 0 Å². The molecule has 0 aliphatic carbocycles. The molecule has 0 fully saturated rings. The molecule has 0 saturated heterocycles. The molecule has 0 aromatic carbocycles. The van der Waals surface area contributed by atoms with Crippen LogP contribution >= 0.6 is 0 Å². The van der Waals surface area contributed by atoms with Gasteiger partial charge in [-0.3, -0.25) is 0 Å². The summed E-state index contributed by atoms with van der Waals surface area (Å²) in [6.07, 6.45) is 0. The third-order valence-corrected chi connectivity index (χ3v) is 3.77. The van der Waals surface area contributed by atoms with Crippen molar-refractivity contribution in [3.8, 4) is 0 Å². The Morgan fingerprint density at radius 1 is 0.524 bits per heavy atom. The molecule has 0 aliphatic rings. The quantitative estimate of drug-likeness (QED) is 0.357. The summed E-state index contributed by atoms with van der Waals surface area (Å²) in [5, 5.41) is 0. The van der Waals surface area contributed by atoms with Gasteiger partial charge in [-0.25, -0.2) is 0 Å². The van der Waals surface area contributed by atoms with Gasteiger partial charge in [0.05, 0.1) is 54.6 Å². The minimum Gasteiger partial charge on any atom is -0.376 e. The molecule has 0 spiro atoms. The minimum atomic E-state index is 0.797. The summed E-state index contributed by atoms with van der Waals surface area (Å²) in [7, 11) is 8.91. The fourth-order valence-corrected chi connectivity index (χ4v) is 1.86. The number of rotatable bonds is 14. The second kappa shape index (κ2) is 11.4. The third kappa shape index (κ3) is 13.2. The molecule has 0 saturated carbocycles. The fraction of sp³-hybridized carbons (Fsp3) is 1.00. The van der Waals surface area contributed by atoms with Crippen LogP contribution in [0.2, 0.25) is 0 Å². The van der Waals surface area contributed by atoms with E-state index in [0.717, 1.165) is 74.8 Å². The average molecular weight is 306 g/mol. The Morgan fingerprint density at radius 3 is 1.10 bits per heavy atom. The Balaban J connectivity index is 3.65. The van der Waals surface area contributed by atoms with E-state index in [4.69, 9.17) is 14.2 Å². The monoisotopic (exact) mass is 306 g/mol. The first kappa shape index (κ1) is 20.8. The molecular formula is C16H38N2O3+2. The number of hydrogen-bond donors (Lipinski definition) is 0. The van der Waals surface area contributed by atoms with Gasteiger partial charge in [-0.05, 0) is 13.8 Å². The molecule has 0 rings (SSSR count). The second-order valence-electron chi connectivity index (χ2n) is 6.77. The molecule has 0 radical (unpaired) electrons. The first-order valence-corrected chi connectivity index (χ1v) is 8.20. The molecule has 0 aromatic rings. The summed E-state index contributed by atoms with van der Waals surface area (Å²) in [6.45, 7) is 13.1. The van der Waals surface area contributed by atoms with Crippen molar-refractivity contribution in [1.29, 1.82) is 0 Å². The predicted molar refractivity (Wildman–Crippen MR) is 87.5 cm³/mol. The van der Waals surface area contributed by atoms with Crippen LogP contribution in [0, 0.1) is 0 Å². The molecule has 0 heterocycles. The van der Waals surface area contributed by atoms with Crippen LogP contribution in [0.1, 0.15) is 13.8 Å². The van der Waals surface area contributed by atoms with Crippen molar-refractivity contribution in [1.82, 2.24) is 0 Å². The van der Waals surface area contributed by atoms with Crippen LogP contribution in [0.15, 0.2) is 0 Å². The summed E-state index contributed by atoms with van der Waals surface area (Å²) in [6, 6.07) is 0. The van der Waals surface area contributed by atoms with Crippen molar-refractivity contribution in [2.24, 2.45) is 0 Å². The van der Waals surface area contributed by atoms with E-state index in [0.29, 0.717) is 0 Å². The molecule has 0 bridgehead atoms.